The number of hydrogen-bond donors (Lipinski definition) is 1. The van der Waals surface area contributed by atoms with E-state index in [1.807, 2.05) is 103 Å². The third kappa shape index (κ3) is 4.66. The van der Waals surface area contributed by atoms with Gasteiger partial charge in [-0.05, 0) is 35.4 Å². The summed E-state index contributed by atoms with van der Waals surface area (Å²) >= 11 is 3.51. The fourth-order valence-corrected chi connectivity index (χ4v) is 3.84. The molecular weight excluding hydrogens is 436 g/mol. The lowest BCUT2D eigenvalue weighted by molar-refractivity contribution is 0.0950. The SMILES string of the molecule is O=C(c1ccccc1)[C@@H](c1ccccc1)[C@@H](Nc1ccccn1)c1ccc(Br)cc1. The molecule has 0 fully saturated rings. The number of Topliss-reactive ketones (excluding diaryl/α,β-unsaturated/α-hetero) is 1. The van der Waals surface area contributed by atoms with Gasteiger partial charge in [0.05, 0.1) is 12.0 Å². The Kier molecular flexibility index (Phi) is 6.35. The quantitative estimate of drug-likeness (QED) is 0.316. The zero-order chi connectivity index (χ0) is 20.8. The van der Waals surface area contributed by atoms with E-state index in [-0.39, 0.29) is 11.8 Å². The van der Waals surface area contributed by atoms with Crippen LogP contribution >= 0.6 is 15.9 Å². The summed E-state index contributed by atoms with van der Waals surface area (Å²) in [7, 11) is 0. The second-order valence-corrected chi connectivity index (χ2v) is 7.92. The number of hydrogen-bond acceptors (Lipinski definition) is 3. The van der Waals surface area contributed by atoms with Crippen molar-refractivity contribution < 1.29 is 4.79 Å². The first-order valence-electron chi connectivity index (χ1n) is 9.79. The minimum absolute atomic E-state index is 0.0677. The maximum absolute atomic E-state index is 13.7. The molecule has 1 heterocycles. The van der Waals surface area contributed by atoms with Crippen molar-refractivity contribution in [3.63, 3.8) is 0 Å². The number of halogens is 1. The van der Waals surface area contributed by atoms with Crippen LogP contribution in [-0.2, 0) is 0 Å². The van der Waals surface area contributed by atoms with Gasteiger partial charge in [-0.25, -0.2) is 4.98 Å². The van der Waals surface area contributed by atoms with E-state index in [1.165, 1.54) is 0 Å². The Morgan fingerprint density at radius 2 is 1.37 bits per heavy atom. The lowest BCUT2D eigenvalue weighted by Crippen LogP contribution is -2.26. The standard InChI is InChI=1S/C26H21BrN2O/c27-22-16-14-20(15-17-22)25(29-23-13-7-8-18-28-23)24(19-9-3-1-4-10-19)26(30)21-11-5-2-6-12-21/h1-18,24-25H,(H,28,29)/t24-,25-/m0/s1. The molecule has 30 heavy (non-hydrogen) atoms. The predicted molar refractivity (Wildman–Crippen MR) is 125 cm³/mol. The van der Waals surface area contributed by atoms with Crippen molar-refractivity contribution in [2.45, 2.75) is 12.0 Å². The molecule has 0 unspecified atom stereocenters. The summed E-state index contributed by atoms with van der Waals surface area (Å²) in [4.78, 5) is 18.2. The first kappa shape index (κ1) is 20.0. The number of nitrogens with one attached hydrogen (secondary N) is 1. The van der Waals surface area contributed by atoms with Crippen molar-refractivity contribution in [2.24, 2.45) is 0 Å². The van der Waals surface area contributed by atoms with Gasteiger partial charge < -0.3 is 5.32 Å². The Bertz CT molecular complexity index is 1080. The molecule has 2 atom stereocenters. The van der Waals surface area contributed by atoms with Crippen LogP contribution in [0.25, 0.3) is 0 Å². The van der Waals surface area contributed by atoms with Crippen molar-refractivity contribution in [2.75, 3.05) is 5.32 Å². The van der Waals surface area contributed by atoms with Crippen LogP contribution in [0.5, 0.6) is 0 Å². The second kappa shape index (κ2) is 9.51. The van der Waals surface area contributed by atoms with Crippen molar-refractivity contribution >= 4 is 27.5 Å². The first-order valence-corrected chi connectivity index (χ1v) is 10.6. The highest BCUT2D eigenvalue weighted by Gasteiger charge is 2.32. The number of ketones is 1. The van der Waals surface area contributed by atoms with Crippen LogP contribution in [-0.4, -0.2) is 10.8 Å². The van der Waals surface area contributed by atoms with Crippen molar-refractivity contribution in [3.8, 4) is 0 Å². The minimum atomic E-state index is -0.420. The summed E-state index contributed by atoms with van der Waals surface area (Å²) in [5.41, 5.74) is 2.67. The van der Waals surface area contributed by atoms with Gasteiger partial charge in [-0.2, -0.15) is 0 Å². The van der Waals surface area contributed by atoms with E-state index >= 15 is 0 Å². The number of rotatable bonds is 7. The van der Waals surface area contributed by atoms with Gasteiger partial charge in [0, 0.05) is 16.2 Å². The number of carbonyl (C=O) groups excluding carboxylic acids is 1. The number of carbonyl (C=O) groups is 1. The molecule has 1 aromatic heterocycles. The van der Waals surface area contributed by atoms with Crippen LogP contribution in [0.4, 0.5) is 5.82 Å². The van der Waals surface area contributed by atoms with Gasteiger partial charge in [0.15, 0.2) is 5.78 Å². The Balaban J connectivity index is 1.83. The lowest BCUT2D eigenvalue weighted by atomic mass is 9.81. The lowest BCUT2D eigenvalue weighted by Gasteiger charge is -2.29. The third-order valence-electron chi connectivity index (χ3n) is 5.03. The average molecular weight is 457 g/mol. The van der Waals surface area contributed by atoms with Crippen LogP contribution < -0.4 is 5.32 Å². The van der Waals surface area contributed by atoms with E-state index < -0.39 is 5.92 Å². The van der Waals surface area contributed by atoms with Gasteiger partial charge in [0.2, 0.25) is 0 Å². The molecule has 0 aliphatic rings. The van der Waals surface area contributed by atoms with Gasteiger partial charge in [0.1, 0.15) is 5.82 Å². The van der Waals surface area contributed by atoms with Crippen LogP contribution in [0.1, 0.15) is 33.4 Å². The fourth-order valence-electron chi connectivity index (χ4n) is 3.57. The summed E-state index contributed by atoms with van der Waals surface area (Å²) in [5.74, 6) is 0.377. The number of anilines is 1. The summed E-state index contributed by atoms with van der Waals surface area (Å²) in [5, 5.41) is 3.52. The second-order valence-electron chi connectivity index (χ2n) is 7.01. The van der Waals surface area contributed by atoms with Crippen LogP contribution in [0.15, 0.2) is 114 Å². The largest absolute Gasteiger partial charge is 0.362 e. The molecule has 0 saturated heterocycles. The maximum atomic E-state index is 13.7. The molecule has 3 aromatic carbocycles. The van der Waals surface area contributed by atoms with Crippen molar-refractivity contribution in [1.82, 2.24) is 4.98 Å². The molecule has 4 rings (SSSR count). The Morgan fingerprint density at radius 1 is 0.733 bits per heavy atom. The number of benzene rings is 3. The molecule has 0 bridgehead atoms. The molecule has 3 nitrogen and oxygen atoms in total. The highest BCUT2D eigenvalue weighted by Crippen LogP contribution is 2.36. The summed E-state index contributed by atoms with van der Waals surface area (Å²) in [6, 6.07) is 32.9. The van der Waals surface area contributed by atoms with E-state index in [9.17, 15) is 4.79 Å². The number of pyridine rings is 1. The molecule has 0 aliphatic carbocycles. The van der Waals surface area contributed by atoms with Crippen LogP contribution in [0.2, 0.25) is 0 Å². The van der Waals surface area contributed by atoms with Gasteiger partial charge in [0.25, 0.3) is 0 Å². The van der Waals surface area contributed by atoms with E-state index in [0.29, 0.717) is 5.56 Å². The molecule has 0 saturated carbocycles. The molecule has 0 amide bonds. The van der Waals surface area contributed by atoms with Crippen LogP contribution in [0, 0.1) is 0 Å². The minimum Gasteiger partial charge on any atom is -0.362 e. The van der Waals surface area contributed by atoms with Crippen LogP contribution in [0.3, 0.4) is 0 Å². The molecule has 0 radical (unpaired) electrons. The Morgan fingerprint density at radius 3 is 2.00 bits per heavy atom. The van der Waals surface area contributed by atoms with Gasteiger partial charge in [-0.3, -0.25) is 4.79 Å². The third-order valence-corrected chi connectivity index (χ3v) is 5.56. The molecule has 148 valence electrons. The number of nitrogens with zero attached hydrogens (tertiary/aromatic N) is 1. The summed E-state index contributed by atoms with van der Waals surface area (Å²) < 4.78 is 0.994. The molecule has 4 heteroatoms. The first-order chi connectivity index (χ1) is 14.7. The average Bonchev–Trinajstić information content (AvgIpc) is 2.81. The Labute approximate surface area is 184 Å². The molecule has 0 aliphatic heterocycles. The van der Waals surface area contributed by atoms with E-state index in [4.69, 9.17) is 0 Å². The smallest absolute Gasteiger partial charge is 0.172 e. The van der Waals surface area contributed by atoms with E-state index in [1.54, 1.807) is 6.20 Å². The highest BCUT2D eigenvalue weighted by molar-refractivity contribution is 9.10. The zero-order valence-electron chi connectivity index (χ0n) is 16.3. The highest BCUT2D eigenvalue weighted by atomic mass is 79.9. The summed E-state index contributed by atoms with van der Waals surface area (Å²) in [6.45, 7) is 0. The summed E-state index contributed by atoms with van der Waals surface area (Å²) in [6.07, 6.45) is 1.75. The van der Waals surface area contributed by atoms with Crippen molar-refractivity contribution in [3.05, 3.63) is 130 Å². The molecule has 4 aromatic rings. The van der Waals surface area contributed by atoms with E-state index in [2.05, 4.69) is 26.2 Å². The molecule has 0 spiro atoms. The predicted octanol–water partition coefficient (Wildman–Crippen LogP) is 6.66. The maximum Gasteiger partial charge on any atom is 0.172 e. The van der Waals surface area contributed by atoms with Gasteiger partial charge in [-0.1, -0.05) is 94.8 Å². The Hall–Kier alpha value is -3.24. The normalized spacial score (nSPS) is 12.7. The number of aromatic nitrogens is 1. The van der Waals surface area contributed by atoms with Gasteiger partial charge in [-0.15, -0.1) is 0 Å². The van der Waals surface area contributed by atoms with E-state index in [0.717, 1.165) is 21.4 Å². The van der Waals surface area contributed by atoms with Gasteiger partial charge >= 0.3 is 0 Å². The fraction of sp³-hybridized carbons (Fsp3) is 0.0769. The monoisotopic (exact) mass is 456 g/mol. The zero-order valence-corrected chi connectivity index (χ0v) is 17.9. The molecular formula is C26H21BrN2O. The topological polar surface area (TPSA) is 42.0 Å². The van der Waals surface area contributed by atoms with Crippen molar-refractivity contribution in [1.29, 1.82) is 0 Å². The molecule has 1 N–H and O–H groups in total.